The van der Waals surface area contributed by atoms with Gasteiger partial charge in [-0.1, -0.05) is 0 Å². The van der Waals surface area contributed by atoms with Crippen molar-refractivity contribution in [1.82, 2.24) is 0 Å². The van der Waals surface area contributed by atoms with Crippen molar-refractivity contribution in [2.24, 2.45) is 5.41 Å². The zero-order chi connectivity index (χ0) is 13.2. The Morgan fingerprint density at radius 3 is 2.56 bits per heavy atom. The Bertz CT molecular complexity index is 461. The first kappa shape index (κ1) is 13.0. The number of carbonyl (C=O) groups is 2. The summed E-state index contributed by atoms with van der Waals surface area (Å²) in [6, 6.07) is 3.08. The Kier molecular flexibility index (Phi) is 3.65. The van der Waals surface area contributed by atoms with Crippen LogP contribution in [-0.2, 0) is 10.5 Å². The van der Waals surface area contributed by atoms with Crippen LogP contribution in [-0.4, -0.2) is 27.9 Å². The number of carboxylic acids is 2. The minimum atomic E-state index is -1.07. The number of thioether (sulfide) groups is 1. The lowest BCUT2D eigenvalue weighted by atomic mass is 10.1. The maximum Gasteiger partial charge on any atom is 0.371 e. The first-order chi connectivity index (χ1) is 8.51. The first-order valence-corrected chi connectivity index (χ1v) is 6.78. The molecule has 0 unspecified atom stereocenters. The van der Waals surface area contributed by atoms with Crippen LogP contribution < -0.4 is 0 Å². The molecule has 1 aliphatic rings. The monoisotopic (exact) mass is 270 g/mol. The van der Waals surface area contributed by atoms with E-state index in [-0.39, 0.29) is 17.6 Å². The summed E-state index contributed by atoms with van der Waals surface area (Å²) in [5.41, 5.74) is -0.0429. The van der Waals surface area contributed by atoms with E-state index >= 15 is 0 Å². The molecule has 1 aliphatic carbocycles. The van der Waals surface area contributed by atoms with Crippen LogP contribution in [0.5, 0.6) is 0 Å². The van der Waals surface area contributed by atoms with Crippen molar-refractivity contribution in [3.8, 4) is 0 Å². The summed E-state index contributed by atoms with van der Waals surface area (Å²) < 4.78 is 5.12. The molecule has 98 valence electrons. The van der Waals surface area contributed by atoms with Gasteiger partial charge in [0.05, 0.1) is 12.2 Å². The van der Waals surface area contributed by atoms with Gasteiger partial charge in [0.2, 0.25) is 5.76 Å². The number of hydrogen-bond donors (Lipinski definition) is 2. The van der Waals surface area contributed by atoms with E-state index in [0.29, 0.717) is 11.5 Å². The van der Waals surface area contributed by atoms with E-state index in [1.165, 1.54) is 6.07 Å². The van der Waals surface area contributed by atoms with Gasteiger partial charge in [-0.15, -0.1) is 0 Å². The zero-order valence-electron chi connectivity index (χ0n) is 9.72. The molecule has 1 fully saturated rings. The number of aliphatic carboxylic acids is 1. The number of furan rings is 1. The number of aromatic carboxylic acids is 1. The summed E-state index contributed by atoms with van der Waals surface area (Å²) in [7, 11) is 0. The van der Waals surface area contributed by atoms with Crippen molar-refractivity contribution < 1.29 is 24.2 Å². The summed E-state index contributed by atoms with van der Waals surface area (Å²) in [5, 5.41) is 17.5. The molecule has 0 amide bonds. The molecular formula is C12H14O5S. The first-order valence-electron chi connectivity index (χ1n) is 5.62. The fourth-order valence-electron chi connectivity index (χ4n) is 1.81. The zero-order valence-corrected chi connectivity index (χ0v) is 10.5. The number of rotatable bonds is 7. The Labute approximate surface area is 108 Å². The van der Waals surface area contributed by atoms with Crippen molar-refractivity contribution in [2.75, 3.05) is 5.75 Å². The summed E-state index contributed by atoms with van der Waals surface area (Å²) in [4.78, 5) is 21.3. The highest BCUT2D eigenvalue weighted by atomic mass is 32.2. The number of hydrogen-bond acceptors (Lipinski definition) is 4. The second-order valence-corrected chi connectivity index (χ2v) is 5.62. The molecular weight excluding hydrogens is 256 g/mol. The van der Waals surface area contributed by atoms with Crippen LogP contribution >= 0.6 is 11.8 Å². The largest absolute Gasteiger partial charge is 0.481 e. The lowest BCUT2D eigenvalue weighted by Crippen LogP contribution is -2.11. The Morgan fingerprint density at radius 1 is 1.33 bits per heavy atom. The number of carboxylic acid groups (broad SMARTS) is 2. The molecule has 1 heterocycles. The minimum absolute atomic E-state index is 0.0429. The van der Waals surface area contributed by atoms with Crippen LogP contribution in [0.15, 0.2) is 16.5 Å². The lowest BCUT2D eigenvalue weighted by Gasteiger charge is -2.10. The molecule has 2 rings (SSSR count). The molecule has 0 atom stereocenters. The summed E-state index contributed by atoms with van der Waals surface area (Å²) >= 11 is 1.59. The summed E-state index contributed by atoms with van der Waals surface area (Å²) in [6.07, 6.45) is 2.15. The Hall–Kier alpha value is -1.43. The van der Waals surface area contributed by atoms with E-state index in [2.05, 4.69) is 0 Å². The quantitative estimate of drug-likeness (QED) is 0.791. The van der Waals surface area contributed by atoms with Gasteiger partial charge in [0.1, 0.15) is 5.76 Å². The molecule has 0 saturated heterocycles. The highest BCUT2D eigenvalue weighted by Gasteiger charge is 2.44. The maximum atomic E-state index is 10.7. The highest BCUT2D eigenvalue weighted by molar-refractivity contribution is 7.98. The Balaban J connectivity index is 1.78. The van der Waals surface area contributed by atoms with Gasteiger partial charge in [-0.3, -0.25) is 4.79 Å². The standard InChI is InChI=1S/C12H14O5S/c13-10(14)5-12(3-4-12)7-18-6-8-1-2-9(17-8)11(15)16/h1-2H,3-7H2,(H,13,14)(H,15,16). The molecule has 0 aliphatic heterocycles. The molecule has 6 heteroatoms. The lowest BCUT2D eigenvalue weighted by molar-refractivity contribution is -0.138. The van der Waals surface area contributed by atoms with E-state index in [1.807, 2.05) is 0 Å². The topological polar surface area (TPSA) is 87.7 Å². The van der Waals surface area contributed by atoms with Crippen LogP contribution in [0, 0.1) is 5.41 Å². The minimum Gasteiger partial charge on any atom is -0.481 e. The maximum absolute atomic E-state index is 10.7. The van der Waals surface area contributed by atoms with Crippen molar-refractivity contribution >= 4 is 23.7 Å². The second kappa shape index (κ2) is 5.06. The molecule has 5 nitrogen and oxygen atoms in total. The van der Waals surface area contributed by atoms with Crippen LogP contribution in [0.25, 0.3) is 0 Å². The molecule has 18 heavy (non-hydrogen) atoms. The van der Waals surface area contributed by atoms with Gasteiger partial charge in [0.15, 0.2) is 0 Å². The SMILES string of the molecule is O=C(O)CC1(CSCc2ccc(C(=O)O)o2)CC1. The average molecular weight is 270 g/mol. The van der Waals surface area contributed by atoms with Gasteiger partial charge in [0, 0.05) is 0 Å². The van der Waals surface area contributed by atoms with Gasteiger partial charge in [-0.05, 0) is 36.1 Å². The van der Waals surface area contributed by atoms with Gasteiger partial charge >= 0.3 is 11.9 Å². The van der Waals surface area contributed by atoms with E-state index in [4.69, 9.17) is 14.6 Å². The molecule has 0 spiro atoms. The van der Waals surface area contributed by atoms with Gasteiger partial charge in [0.25, 0.3) is 0 Å². The predicted molar refractivity (Wildman–Crippen MR) is 65.7 cm³/mol. The fourth-order valence-corrected chi connectivity index (χ4v) is 3.09. The Morgan fingerprint density at radius 2 is 2.06 bits per heavy atom. The van der Waals surface area contributed by atoms with Gasteiger partial charge in [-0.25, -0.2) is 4.79 Å². The third kappa shape index (κ3) is 3.29. The third-order valence-corrected chi connectivity index (χ3v) is 4.31. The molecule has 0 aromatic carbocycles. The molecule has 1 aromatic heterocycles. The van der Waals surface area contributed by atoms with E-state index in [1.54, 1.807) is 17.8 Å². The highest BCUT2D eigenvalue weighted by Crippen LogP contribution is 2.51. The average Bonchev–Trinajstić information content (AvgIpc) is 2.86. The van der Waals surface area contributed by atoms with Crippen LogP contribution in [0.3, 0.4) is 0 Å². The van der Waals surface area contributed by atoms with Crippen LogP contribution in [0.1, 0.15) is 35.6 Å². The fraction of sp³-hybridized carbons (Fsp3) is 0.500. The van der Waals surface area contributed by atoms with Crippen molar-refractivity contribution in [3.63, 3.8) is 0 Å². The molecule has 1 saturated carbocycles. The summed E-state index contributed by atoms with van der Waals surface area (Å²) in [6.45, 7) is 0. The second-order valence-electron chi connectivity index (χ2n) is 4.63. The molecule has 1 aromatic rings. The van der Waals surface area contributed by atoms with Gasteiger partial charge in [-0.2, -0.15) is 11.8 Å². The smallest absolute Gasteiger partial charge is 0.371 e. The van der Waals surface area contributed by atoms with Crippen molar-refractivity contribution in [2.45, 2.75) is 25.0 Å². The van der Waals surface area contributed by atoms with E-state index < -0.39 is 11.9 Å². The van der Waals surface area contributed by atoms with Crippen LogP contribution in [0.2, 0.25) is 0 Å². The van der Waals surface area contributed by atoms with E-state index in [9.17, 15) is 9.59 Å². The van der Waals surface area contributed by atoms with Crippen LogP contribution in [0.4, 0.5) is 0 Å². The molecule has 2 N–H and O–H groups in total. The third-order valence-electron chi connectivity index (χ3n) is 3.01. The van der Waals surface area contributed by atoms with Crippen molar-refractivity contribution in [3.05, 3.63) is 23.7 Å². The molecule has 0 bridgehead atoms. The van der Waals surface area contributed by atoms with Gasteiger partial charge < -0.3 is 14.6 Å². The van der Waals surface area contributed by atoms with E-state index in [0.717, 1.165) is 18.6 Å². The summed E-state index contributed by atoms with van der Waals surface area (Å²) in [5.74, 6) is 0.0905. The van der Waals surface area contributed by atoms with Crippen molar-refractivity contribution in [1.29, 1.82) is 0 Å². The normalized spacial score (nSPS) is 16.4. The predicted octanol–water partition coefficient (Wildman–Crippen LogP) is 2.47. The molecule has 0 radical (unpaired) electrons.